The molecule has 17 heavy (non-hydrogen) atoms. The first-order valence-electron chi connectivity index (χ1n) is 5.81. The number of nitrogens with zero attached hydrogens (tertiary/aromatic N) is 2. The molecule has 0 bridgehead atoms. The fraction of sp³-hybridized carbons (Fsp3) is 0.500. The second-order valence-corrected chi connectivity index (χ2v) is 4.00. The van der Waals surface area contributed by atoms with Crippen molar-refractivity contribution in [2.75, 3.05) is 13.1 Å². The van der Waals surface area contributed by atoms with E-state index in [1.54, 1.807) is 12.3 Å². The number of hydrogen-bond acceptors (Lipinski definition) is 4. The molecule has 1 N–H and O–H groups in total. The zero-order valence-electron chi connectivity index (χ0n) is 9.80. The SMILES string of the molecule is CCN1CCCC1Oc1ncccc1C(=O)O. The third-order valence-corrected chi connectivity index (χ3v) is 2.96. The standard InChI is InChI=1S/C12H16N2O3/c1-2-14-8-4-6-10(14)17-11-9(12(15)16)5-3-7-13-11/h3,5,7,10H,2,4,6,8H2,1H3,(H,15,16). The highest BCUT2D eigenvalue weighted by Gasteiger charge is 2.26. The molecule has 0 aromatic carbocycles. The fourth-order valence-corrected chi connectivity index (χ4v) is 2.07. The maximum absolute atomic E-state index is 11.0. The molecule has 0 radical (unpaired) electrons. The number of carbonyl (C=O) groups is 1. The molecule has 1 aromatic heterocycles. The molecule has 1 atom stereocenters. The molecule has 0 aliphatic carbocycles. The van der Waals surface area contributed by atoms with Crippen LogP contribution in [0.5, 0.6) is 5.88 Å². The molecule has 1 aliphatic rings. The Hall–Kier alpha value is -1.62. The second-order valence-electron chi connectivity index (χ2n) is 4.00. The van der Waals surface area contributed by atoms with Gasteiger partial charge < -0.3 is 9.84 Å². The highest BCUT2D eigenvalue weighted by atomic mass is 16.5. The summed E-state index contributed by atoms with van der Waals surface area (Å²) in [6.07, 6.45) is 3.50. The Morgan fingerprint density at radius 1 is 1.71 bits per heavy atom. The number of likely N-dealkylation sites (tertiary alicyclic amines) is 1. The summed E-state index contributed by atoms with van der Waals surface area (Å²) >= 11 is 0. The Kier molecular flexibility index (Phi) is 3.58. The normalized spacial score (nSPS) is 20.4. The van der Waals surface area contributed by atoms with E-state index in [1.807, 2.05) is 0 Å². The number of pyridine rings is 1. The van der Waals surface area contributed by atoms with Gasteiger partial charge in [-0.1, -0.05) is 6.92 Å². The van der Waals surface area contributed by atoms with E-state index in [0.29, 0.717) is 0 Å². The zero-order valence-corrected chi connectivity index (χ0v) is 9.80. The Morgan fingerprint density at radius 3 is 3.24 bits per heavy atom. The van der Waals surface area contributed by atoms with Crippen molar-refractivity contribution in [3.8, 4) is 5.88 Å². The predicted molar refractivity (Wildman–Crippen MR) is 62.1 cm³/mol. The Morgan fingerprint density at radius 2 is 2.53 bits per heavy atom. The van der Waals surface area contributed by atoms with E-state index >= 15 is 0 Å². The number of carboxylic acid groups (broad SMARTS) is 1. The lowest BCUT2D eigenvalue weighted by atomic mass is 10.3. The molecule has 1 fully saturated rings. The molecule has 2 heterocycles. The van der Waals surface area contributed by atoms with Gasteiger partial charge in [-0.15, -0.1) is 0 Å². The van der Waals surface area contributed by atoms with Crippen LogP contribution >= 0.6 is 0 Å². The Bertz CT molecular complexity index is 408. The summed E-state index contributed by atoms with van der Waals surface area (Å²) < 4.78 is 5.71. The zero-order chi connectivity index (χ0) is 12.3. The average Bonchev–Trinajstić information content (AvgIpc) is 2.77. The van der Waals surface area contributed by atoms with E-state index in [1.165, 1.54) is 6.07 Å². The minimum atomic E-state index is -1.01. The van der Waals surface area contributed by atoms with Crippen molar-refractivity contribution in [3.05, 3.63) is 23.9 Å². The van der Waals surface area contributed by atoms with Crippen molar-refractivity contribution >= 4 is 5.97 Å². The number of hydrogen-bond donors (Lipinski definition) is 1. The molecule has 0 amide bonds. The number of carboxylic acids is 1. The van der Waals surface area contributed by atoms with Crippen LogP contribution in [-0.4, -0.2) is 40.3 Å². The van der Waals surface area contributed by atoms with Crippen LogP contribution in [0, 0.1) is 0 Å². The second kappa shape index (κ2) is 5.14. The summed E-state index contributed by atoms with van der Waals surface area (Å²) in [4.78, 5) is 17.2. The van der Waals surface area contributed by atoms with E-state index < -0.39 is 5.97 Å². The van der Waals surface area contributed by atoms with Crippen LogP contribution in [0.2, 0.25) is 0 Å². The minimum Gasteiger partial charge on any atom is -0.477 e. The summed E-state index contributed by atoms with van der Waals surface area (Å²) in [6.45, 7) is 3.97. The maximum Gasteiger partial charge on any atom is 0.341 e. The maximum atomic E-state index is 11.0. The Labute approximate surface area is 100 Å². The lowest BCUT2D eigenvalue weighted by molar-refractivity contribution is 0.0551. The number of aromatic carboxylic acids is 1. The summed E-state index contributed by atoms with van der Waals surface area (Å²) in [6, 6.07) is 3.11. The first kappa shape index (κ1) is 11.9. The van der Waals surface area contributed by atoms with Gasteiger partial charge >= 0.3 is 5.97 Å². The highest BCUT2D eigenvalue weighted by Crippen LogP contribution is 2.22. The van der Waals surface area contributed by atoms with Gasteiger partial charge in [0.25, 0.3) is 0 Å². The molecule has 0 spiro atoms. The van der Waals surface area contributed by atoms with Crippen LogP contribution in [0.3, 0.4) is 0 Å². The van der Waals surface area contributed by atoms with Gasteiger partial charge in [0, 0.05) is 12.7 Å². The highest BCUT2D eigenvalue weighted by molar-refractivity contribution is 5.90. The van der Waals surface area contributed by atoms with Crippen molar-refractivity contribution in [2.24, 2.45) is 0 Å². The summed E-state index contributed by atoms with van der Waals surface area (Å²) in [5, 5.41) is 9.03. The first-order chi connectivity index (χ1) is 8.22. The van der Waals surface area contributed by atoms with Crippen molar-refractivity contribution in [3.63, 3.8) is 0 Å². The fourth-order valence-electron chi connectivity index (χ4n) is 2.07. The number of ether oxygens (including phenoxy) is 1. The smallest absolute Gasteiger partial charge is 0.341 e. The van der Waals surface area contributed by atoms with E-state index in [9.17, 15) is 4.79 Å². The van der Waals surface area contributed by atoms with Crippen LogP contribution in [0.1, 0.15) is 30.1 Å². The van der Waals surface area contributed by atoms with Crippen LogP contribution in [-0.2, 0) is 0 Å². The van der Waals surface area contributed by atoms with Crippen LogP contribution in [0.25, 0.3) is 0 Å². The molecule has 1 saturated heterocycles. The van der Waals surface area contributed by atoms with Gasteiger partial charge in [0.05, 0.1) is 0 Å². The van der Waals surface area contributed by atoms with Gasteiger partial charge in [0.1, 0.15) is 5.56 Å². The van der Waals surface area contributed by atoms with Gasteiger partial charge in [-0.25, -0.2) is 9.78 Å². The largest absolute Gasteiger partial charge is 0.477 e. The molecule has 5 nitrogen and oxygen atoms in total. The summed E-state index contributed by atoms with van der Waals surface area (Å²) in [5.41, 5.74) is 0.121. The third-order valence-electron chi connectivity index (χ3n) is 2.96. The van der Waals surface area contributed by atoms with E-state index in [-0.39, 0.29) is 17.7 Å². The first-order valence-corrected chi connectivity index (χ1v) is 5.81. The number of rotatable bonds is 4. The summed E-state index contributed by atoms with van der Waals surface area (Å²) in [5.74, 6) is -0.792. The van der Waals surface area contributed by atoms with Gasteiger partial charge in [0.15, 0.2) is 6.23 Å². The van der Waals surface area contributed by atoms with E-state index in [0.717, 1.165) is 25.9 Å². The molecule has 5 heteroatoms. The lowest BCUT2D eigenvalue weighted by Crippen LogP contribution is -2.34. The van der Waals surface area contributed by atoms with Gasteiger partial charge in [0.2, 0.25) is 5.88 Å². The van der Waals surface area contributed by atoms with Gasteiger partial charge in [-0.05, 0) is 31.5 Å². The number of aromatic nitrogens is 1. The van der Waals surface area contributed by atoms with Crippen molar-refractivity contribution in [1.29, 1.82) is 0 Å². The van der Waals surface area contributed by atoms with Gasteiger partial charge in [-0.3, -0.25) is 4.90 Å². The molecule has 92 valence electrons. The van der Waals surface area contributed by atoms with Crippen molar-refractivity contribution in [1.82, 2.24) is 9.88 Å². The van der Waals surface area contributed by atoms with Crippen molar-refractivity contribution in [2.45, 2.75) is 26.0 Å². The summed E-state index contributed by atoms with van der Waals surface area (Å²) in [7, 11) is 0. The minimum absolute atomic E-state index is 0.0481. The Balaban J connectivity index is 2.15. The molecule has 2 rings (SSSR count). The molecular weight excluding hydrogens is 220 g/mol. The molecule has 1 aromatic rings. The third kappa shape index (κ3) is 2.55. The van der Waals surface area contributed by atoms with Gasteiger partial charge in [-0.2, -0.15) is 0 Å². The molecule has 0 saturated carbocycles. The molecule has 1 aliphatic heterocycles. The van der Waals surface area contributed by atoms with Crippen LogP contribution in [0.15, 0.2) is 18.3 Å². The average molecular weight is 236 g/mol. The quantitative estimate of drug-likeness (QED) is 0.860. The monoisotopic (exact) mass is 236 g/mol. The van der Waals surface area contributed by atoms with E-state index in [2.05, 4.69) is 16.8 Å². The van der Waals surface area contributed by atoms with Crippen LogP contribution < -0.4 is 4.74 Å². The van der Waals surface area contributed by atoms with Crippen molar-refractivity contribution < 1.29 is 14.6 Å². The van der Waals surface area contributed by atoms with Crippen LogP contribution in [0.4, 0.5) is 0 Å². The molecular formula is C12H16N2O3. The van der Waals surface area contributed by atoms with E-state index in [4.69, 9.17) is 9.84 Å². The lowest BCUT2D eigenvalue weighted by Gasteiger charge is -2.23. The molecule has 1 unspecified atom stereocenters. The topological polar surface area (TPSA) is 62.7 Å². The predicted octanol–water partition coefficient (Wildman–Crippen LogP) is 1.60.